The number of carbonyl (C=O) groups is 1. The Kier molecular flexibility index (Phi) is 6.33. The lowest BCUT2D eigenvalue weighted by Gasteiger charge is -2.27. The zero-order chi connectivity index (χ0) is 25.4. The molecule has 5 rings (SSSR count). The molecule has 184 valence electrons. The highest BCUT2D eigenvalue weighted by molar-refractivity contribution is 6.31. The van der Waals surface area contributed by atoms with E-state index in [1.54, 1.807) is 24.1 Å². The molecule has 0 radical (unpaired) electrons. The van der Waals surface area contributed by atoms with Crippen molar-refractivity contribution in [2.45, 2.75) is 26.4 Å². The first-order chi connectivity index (χ1) is 17.4. The number of halogens is 1. The molecule has 2 N–H and O–H groups in total. The SMILES string of the molecule is CCOc1ccc(C2c3c(-c4cc(Cl)c(C)cc4O)n[nH]c3C(=O)N2Cc2ccccc2)cc1OC. The van der Waals surface area contributed by atoms with Crippen LogP contribution < -0.4 is 9.47 Å². The van der Waals surface area contributed by atoms with Crippen molar-refractivity contribution in [2.75, 3.05) is 13.7 Å². The Morgan fingerprint density at radius 1 is 1.11 bits per heavy atom. The molecule has 0 spiro atoms. The molecule has 1 atom stereocenters. The highest BCUT2D eigenvalue weighted by Crippen LogP contribution is 2.47. The van der Waals surface area contributed by atoms with Gasteiger partial charge in [0.05, 0.1) is 19.8 Å². The summed E-state index contributed by atoms with van der Waals surface area (Å²) in [6.07, 6.45) is 0. The summed E-state index contributed by atoms with van der Waals surface area (Å²) in [5.74, 6) is 1.06. The zero-order valence-electron chi connectivity index (χ0n) is 20.2. The van der Waals surface area contributed by atoms with Crippen LogP contribution in [0.2, 0.25) is 5.02 Å². The molecule has 1 aliphatic rings. The van der Waals surface area contributed by atoms with Crippen LogP contribution in [0.3, 0.4) is 0 Å². The van der Waals surface area contributed by atoms with Gasteiger partial charge in [0, 0.05) is 22.7 Å². The van der Waals surface area contributed by atoms with E-state index in [4.69, 9.17) is 21.1 Å². The fourth-order valence-corrected chi connectivity index (χ4v) is 4.84. The molecular weight excluding hydrogens is 478 g/mol. The fourth-order valence-electron chi connectivity index (χ4n) is 4.68. The second-order valence-electron chi connectivity index (χ2n) is 8.64. The molecule has 1 aliphatic heterocycles. The normalized spacial score (nSPS) is 14.7. The lowest BCUT2D eigenvalue weighted by atomic mass is 9.94. The van der Waals surface area contributed by atoms with Crippen LogP contribution in [-0.2, 0) is 6.54 Å². The van der Waals surface area contributed by atoms with Gasteiger partial charge < -0.3 is 19.5 Å². The van der Waals surface area contributed by atoms with E-state index >= 15 is 0 Å². The summed E-state index contributed by atoms with van der Waals surface area (Å²) in [5.41, 5.74) is 4.58. The maximum atomic E-state index is 13.7. The van der Waals surface area contributed by atoms with Gasteiger partial charge in [0.1, 0.15) is 17.1 Å². The van der Waals surface area contributed by atoms with E-state index in [-0.39, 0.29) is 11.7 Å². The fraction of sp³-hybridized carbons (Fsp3) is 0.214. The molecule has 1 aromatic heterocycles. The number of carbonyl (C=O) groups excluding carboxylic acids is 1. The van der Waals surface area contributed by atoms with E-state index in [1.165, 1.54) is 0 Å². The summed E-state index contributed by atoms with van der Waals surface area (Å²) in [6, 6.07) is 18.3. The molecule has 3 aromatic carbocycles. The first-order valence-electron chi connectivity index (χ1n) is 11.7. The van der Waals surface area contributed by atoms with E-state index in [0.717, 1.165) is 16.7 Å². The number of H-pyrrole nitrogens is 1. The summed E-state index contributed by atoms with van der Waals surface area (Å²) in [7, 11) is 1.59. The number of amides is 1. The first-order valence-corrected chi connectivity index (χ1v) is 12.0. The van der Waals surface area contributed by atoms with Crippen LogP contribution >= 0.6 is 11.6 Å². The molecule has 4 aromatic rings. The van der Waals surface area contributed by atoms with Crippen molar-refractivity contribution in [1.82, 2.24) is 15.1 Å². The van der Waals surface area contributed by atoms with Gasteiger partial charge in [0.15, 0.2) is 11.5 Å². The number of hydrogen-bond acceptors (Lipinski definition) is 5. The van der Waals surface area contributed by atoms with Crippen molar-refractivity contribution in [3.8, 4) is 28.5 Å². The number of nitrogens with one attached hydrogen (secondary N) is 1. The second kappa shape index (κ2) is 9.59. The van der Waals surface area contributed by atoms with Crippen molar-refractivity contribution in [3.63, 3.8) is 0 Å². The topological polar surface area (TPSA) is 87.7 Å². The van der Waals surface area contributed by atoms with E-state index in [2.05, 4.69) is 10.2 Å². The molecule has 0 aliphatic carbocycles. The first kappa shape index (κ1) is 23.8. The number of nitrogens with zero attached hydrogens (tertiary/aromatic N) is 2. The van der Waals surface area contributed by atoms with E-state index in [1.807, 2.05) is 62.4 Å². The Labute approximate surface area is 214 Å². The minimum atomic E-state index is -0.481. The Bertz CT molecular complexity index is 1430. The molecule has 2 heterocycles. The molecule has 1 unspecified atom stereocenters. The lowest BCUT2D eigenvalue weighted by molar-refractivity contribution is 0.0730. The molecule has 1 amide bonds. The Balaban J connectivity index is 1.69. The van der Waals surface area contributed by atoms with Gasteiger partial charge in [-0.05, 0) is 54.8 Å². The minimum absolute atomic E-state index is 0.0446. The average molecular weight is 504 g/mol. The molecule has 7 nitrogen and oxygen atoms in total. The molecule has 0 bridgehead atoms. The van der Waals surface area contributed by atoms with Crippen LogP contribution in [0.15, 0.2) is 60.7 Å². The number of aryl methyl sites for hydroxylation is 1. The number of phenols is 1. The number of hydrogen-bond donors (Lipinski definition) is 2. The van der Waals surface area contributed by atoms with Crippen LogP contribution in [-0.4, -0.2) is 39.8 Å². The van der Waals surface area contributed by atoms with Gasteiger partial charge in [-0.2, -0.15) is 5.10 Å². The monoisotopic (exact) mass is 503 g/mol. The van der Waals surface area contributed by atoms with Crippen LogP contribution in [0, 0.1) is 6.92 Å². The maximum absolute atomic E-state index is 13.7. The third kappa shape index (κ3) is 4.05. The molecule has 0 saturated carbocycles. The Morgan fingerprint density at radius 2 is 1.89 bits per heavy atom. The highest BCUT2D eigenvalue weighted by atomic mass is 35.5. The van der Waals surface area contributed by atoms with E-state index in [9.17, 15) is 9.90 Å². The Morgan fingerprint density at radius 3 is 2.61 bits per heavy atom. The highest BCUT2D eigenvalue weighted by Gasteiger charge is 2.43. The van der Waals surface area contributed by atoms with Crippen molar-refractivity contribution in [3.05, 3.63) is 93.6 Å². The van der Waals surface area contributed by atoms with Crippen molar-refractivity contribution in [2.24, 2.45) is 0 Å². The lowest BCUT2D eigenvalue weighted by Crippen LogP contribution is -2.29. The summed E-state index contributed by atoms with van der Waals surface area (Å²) in [4.78, 5) is 15.5. The van der Waals surface area contributed by atoms with Gasteiger partial charge in [-0.25, -0.2) is 0 Å². The minimum Gasteiger partial charge on any atom is -0.507 e. The number of methoxy groups -OCH3 is 1. The summed E-state index contributed by atoms with van der Waals surface area (Å²) in [6.45, 7) is 4.62. The van der Waals surface area contributed by atoms with Crippen molar-refractivity contribution >= 4 is 17.5 Å². The number of aromatic hydroxyl groups is 1. The van der Waals surface area contributed by atoms with Crippen LogP contribution in [0.5, 0.6) is 17.2 Å². The third-order valence-corrected chi connectivity index (χ3v) is 6.80. The summed E-state index contributed by atoms with van der Waals surface area (Å²) in [5, 5.41) is 18.6. The van der Waals surface area contributed by atoms with Gasteiger partial charge in [-0.3, -0.25) is 9.89 Å². The van der Waals surface area contributed by atoms with Gasteiger partial charge in [0.2, 0.25) is 0 Å². The molecule has 0 fully saturated rings. The number of aromatic nitrogens is 2. The van der Waals surface area contributed by atoms with Crippen LogP contribution in [0.1, 0.15) is 45.7 Å². The number of rotatable bonds is 7. The van der Waals surface area contributed by atoms with Crippen molar-refractivity contribution in [1.29, 1.82) is 0 Å². The van der Waals surface area contributed by atoms with Gasteiger partial charge in [-0.1, -0.05) is 48.0 Å². The molecule has 8 heteroatoms. The summed E-state index contributed by atoms with van der Waals surface area (Å²) < 4.78 is 11.3. The second-order valence-corrected chi connectivity index (χ2v) is 9.05. The smallest absolute Gasteiger partial charge is 0.273 e. The Hall–Kier alpha value is -3.97. The number of phenolic OH excluding ortho intramolecular Hbond substituents is 1. The predicted molar refractivity (Wildman–Crippen MR) is 138 cm³/mol. The third-order valence-electron chi connectivity index (χ3n) is 6.39. The molecule has 36 heavy (non-hydrogen) atoms. The quantitative estimate of drug-likeness (QED) is 0.328. The van der Waals surface area contributed by atoms with E-state index < -0.39 is 6.04 Å². The van der Waals surface area contributed by atoms with Gasteiger partial charge >= 0.3 is 0 Å². The molecular formula is C28H26ClN3O4. The number of ether oxygens (including phenoxy) is 2. The number of fused-ring (bicyclic) bond motifs is 1. The maximum Gasteiger partial charge on any atom is 0.273 e. The number of benzene rings is 3. The molecule has 0 saturated heterocycles. The summed E-state index contributed by atoms with van der Waals surface area (Å²) >= 11 is 6.40. The van der Waals surface area contributed by atoms with Gasteiger partial charge in [-0.15, -0.1) is 0 Å². The standard InChI is InChI=1S/C28H26ClN3O4/c1-4-36-22-11-10-18(13-23(22)35-3)27-24-25(19-14-20(29)16(2)12-21(19)33)30-31-26(24)28(34)32(27)15-17-8-6-5-7-9-17/h5-14,27,33H,4,15H2,1-3H3,(H,30,31). The average Bonchev–Trinajstić information content (AvgIpc) is 3.41. The van der Waals surface area contributed by atoms with Crippen LogP contribution in [0.25, 0.3) is 11.3 Å². The zero-order valence-corrected chi connectivity index (χ0v) is 21.0. The van der Waals surface area contributed by atoms with E-state index in [0.29, 0.717) is 52.2 Å². The largest absolute Gasteiger partial charge is 0.507 e. The van der Waals surface area contributed by atoms with Crippen LogP contribution in [0.4, 0.5) is 0 Å². The van der Waals surface area contributed by atoms with Gasteiger partial charge in [0.25, 0.3) is 5.91 Å². The predicted octanol–water partition coefficient (Wildman–Crippen LogP) is 5.90. The van der Waals surface area contributed by atoms with Crippen molar-refractivity contribution < 1.29 is 19.4 Å². The number of aromatic amines is 1.